The van der Waals surface area contributed by atoms with Crippen LogP contribution in [0.4, 0.5) is 0 Å². The number of hydrogen-bond acceptors (Lipinski definition) is 6. The first-order valence-corrected chi connectivity index (χ1v) is 10.1. The lowest BCUT2D eigenvalue weighted by Gasteiger charge is -2.55. The monoisotopic (exact) mass is 372 g/mol. The fraction of sp³-hybridized carbons (Fsp3) is 0.700. The number of pyridine rings is 1. The van der Waals surface area contributed by atoms with Gasteiger partial charge >= 0.3 is 0 Å². The van der Waals surface area contributed by atoms with Crippen LogP contribution in [0.2, 0.25) is 0 Å². The van der Waals surface area contributed by atoms with Gasteiger partial charge in [-0.25, -0.2) is 5.06 Å². The number of hydroxylamine groups is 2. The lowest BCUT2D eigenvalue weighted by Crippen LogP contribution is -2.72. The van der Waals surface area contributed by atoms with E-state index in [0.29, 0.717) is 19.8 Å². The molecule has 5 rings (SSSR count). The second-order valence-corrected chi connectivity index (χ2v) is 8.51. The smallest absolute Gasteiger partial charge is 0.265 e. The highest BCUT2D eigenvalue weighted by atomic mass is 16.7. The Balaban J connectivity index is 1.21. The van der Waals surface area contributed by atoms with Crippen molar-refractivity contribution < 1.29 is 14.4 Å². The fourth-order valence-corrected chi connectivity index (χ4v) is 4.54. The number of hydrogen-bond donors (Lipinski definition) is 0. The first-order chi connectivity index (χ1) is 13.2. The van der Waals surface area contributed by atoms with Crippen molar-refractivity contribution in [2.45, 2.75) is 37.5 Å². The number of morpholine rings is 1. The van der Waals surface area contributed by atoms with Gasteiger partial charge in [0.15, 0.2) is 0 Å². The molecule has 7 nitrogen and oxygen atoms in total. The van der Waals surface area contributed by atoms with E-state index in [1.807, 2.05) is 12.4 Å². The first-order valence-electron chi connectivity index (χ1n) is 10.1. The molecule has 27 heavy (non-hydrogen) atoms. The predicted octanol–water partition coefficient (Wildman–Crippen LogP) is 0.911. The molecule has 1 atom stereocenters. The molecule has 1 aromatic heterocycles. The molecular weight excluding hydrogens is 344 g/mol. The Hall–Kier alpha value is -1.54. The van der Waals surface area contributed by atoms with Crippen molar-refractivity contribution in [1.82, 2.24) is 19.8 Å². The normalized spacial score (nSPS) is 28.4. The molecule has 1 saturated carbocycles. The van der Waals surface area contributed by atoms with Gasteiger partial charge in [-0.05, 0) is 42.9 Å². The van der Waals surface area contributed by atoms with E-state index in [9.17, 15) is 4.79 Å². The molecule has 3 aliphatic heterocycles. The summed E-state index contributed by atoms with van der Waals surface area (Å²) in [6.07, 6.45) is 7.20. The van der Waals surface area contributed by atoms with Crippen molar-refractivity contribution in [3.8, 4) is 0 Å². The number of amides is 1. The molecule has 1 amide bonds. The van der Waals surface area contributed by atoms with Gasteiger partial charge in [0, 0.05) is 45.1 Å². The molecule has 146 valence electrons. The number of ether oxygens (including phenoxy) is 1. The minimum atomic E-state index is -0.191. The summed E-state index contributed by atoms with van der Waals surface area (Å²) in [5.41, 5.74) is 1.16. The largest absolute Gasteiger partial charge is 0.369 e. The Labute approximate surface area is 160 Å². The topological polar surface area (TPSA) is 58.1 Å². The molecule has 1 aromatic rings. The molecule has 0 bridgehead atoms. The number of likely N-dealkylation sites (tertiary alicyclic amines) is 1. The predicted molar refractivity (Wildman–Crippen MR) is 98.6 cm³/mol. The van der Waals surface area contributed by atoms with Crippen LogP contribution in [0.15, 0.2) is 24.5 Å². The molecule has 1 aliphatic carbocycles. The summed E-state index contributed by atoms with van der Waals surface area (Å²) in [5.74, 6) is 0.832. The van der Waals surface area contributed by atoms with Crippen LogP contribution in [0.5, 0.6) is 0 Å². The van der Waals surface area contributed by atoms with E-state index in [0.717, 1.165) is 45.1 Å². The van der Waals surface area contributed by atoms with Gasteiger partial charge in [-0.3, -0.25) is 24.4 Å². The summed E-state index contributed by atoms with van der Waals surface area (Å²) < 4.78 is 6.30. The Morgan fingerprint density at radius 2 is 2.04 bits per heavy atom. The summed E-state index contributed by atoms with van der Waals surface area (Å²) in [6.45, 7) is 6.48. The minimum absolute atomic E-state index is 0.0796. The molecule has 0 N–H and O–H groups in total. The minimum Gasteiger partial charge on any atom is -0.369 e. The first kappa shape index (κ1) is 17.6. The van der Waals surface area contributed by atoms with Gasteiger partial charge in [0.05, 0.1) is 19.8 Å². The summed E-state index contributed by atoms with van der Waals surface area (Å²) in [4.78, 5) is 27.3. The van der Waals surface area contributed by atoms with E-state index in [2.05, 4.69) is 26.9 Å². The number of carbonyl (C=O) groups excluding carboxylic acids is 1. The van der Waals surface area contributed by atoms with Crippen LogP contribution in [0.25, 0.3) is 0 Å². The van der Waals surface area contributed by atoms with Crippen molar-refractivity contribution in [1.29, 1.82) is 0 Å². The van der Waals surface area contributed by atoms with E-state index in [1.165, 1.54) is 18.4 Å². The van der Waals surface area contributed by atoms with Gasteiger partial charge < -0.3 is 4.74 Å². The Kier molecular flexibility index (Phi) is 4.63. The number of aromatic nitrogens is 1. The third-order valence-electron chi connectivity index (χ3n) is 6.13. The highest BCUT2D eigenvalue weighted by Crippen LogP contribution is 2.36. The van der Waals surface area contributed by atoms with Crippen LogP contribution >= 0.6 is 0 Å². The van der Waals surface area contributed by atoms with Crippen LogP contribution in [-0.2, 0) is 20.9 Å². The van der Waals surface area contributed by atoms with Gasteiger partial charge in [-0.15, -0.1) is 0 Å². The van der Waals surface area contributed by atoms with E-state index in [1.54, 1.807) is 5.06 Å². The van der Waals surface area contributed by atoms with Crippen molar-refractivity contribution >= 4 is 5.91 Å². The molecule has 4 aliphatic rings. The average Bonchev–Trinajstić information content (AvgIpc) is 3.30. The van der Waals surface area contributed by atoms with Crippen molar-refractivity contribution in [3.63, 3.8) is 0 Å². The fourth-order valence-electron chi connectivity index (χ4n) is 4.54. The number of carbonyl (C=O) groups is 1. The zero-order valence-corrected chi connectivity index (χ0v) is 15.8. The third-order valence-corrected chi connectivity index (χ3v) is 6.13. The van der Waals surface area contributed by atoms with E-state index in [4.69, 9.17) is 9.57 Å². The van der Waals surface area contributed by atoms with Crippen LogP contribution in [0.1, 0.15) is 24.8 Å². The molecule has 0 aromatic carbocycles. The molecule has 0 radical (unpaired) electrons. The lowest BCUT2D eigenvalue weighted by atomic mass is 9.89. The SMILES string of the molecule is O=C([C@@H]1COC2(CN(Cc3ccncc3)C2)CN1CC1CC1)N1CCCO1. The van der Waals surface area contributed by atoms with Crippen molar-refractivity contribution in [2.75, 3.05) is 45.9 Å². The van der Waals surface area contributed by atoms with E-state index < -0.39 is 0 Å². The molecule has 4 heterocycles. The molecule has 0 unspecified atom stereocenters. The van der Waals surface area contributed by atoms with Crippen LogP contribution in [0, 0.1) is 5.92 Å². The van der Waals surface area contributed by atoms with E-state index >= 15 is 0 Å². The van der Waals surface area contributed by atoms with Crippen LogP contribution in [-0.4, -0.2) is 83.3 Å². The second kappa shape index (κ2) is 7.13. The maximum Gasteiger partial charge on any atom is 0.265 e. The Morgan fingerprint density at radius 1 is 1.22 bits per heavy atom. The van der Waals surface area contributed by atoms with Crippen LogP contribution < -0.4 is 0 Å². The summed E-state index contributed by atoms with van der Waals surface area (Å²) in [6, 6.07) is 3.94. The zero-order chi connectivity index (χ0) is 18.3. The molecular formula is C20H28N4O3. The summed E-state index contributed by atoms with van der Waals surface area (Å²) in [7, 11) is 0. The lowest BCUT2D eigenvalue weighted by molar-refractivity contribution is -0.216. The number of rotatable bonds is 5. The molecule has 1 spiro atoms. The highest BCUT2D eigenvalue weighted by Gasteiger charge is 2.51. The van der Waals surface area contributed by atoms with Crippen LogP contribution in [0.3, 0.4) is 0 Å². The maximum absolute atomic E-state index is 12.9. The van der Waals surface area contributed by atoms with Gasteiger partial charge in [0.2, 0.25) is 0 Å². The zero-order valence-electron chi connectivity index (χ0n) is 15.8. The highest BCUT2D eigenvalue weighted by molar-refractivity contribution is 5.81. The van der Waals surface area contributed by atoms with Gasteiger partial charge in [-0.2, -0.15) is 0 Å². The standard InChI is InChI=1S/C20H28N4O3/c25-19(24-8-1-9-27-24)18-12-26-20(15-23(18)11-16-2-3-16)13-22(14-20)10-17-4-6-21-7-5-17/h4-7,16,18H,1-3,8-15H2/t18-/m0/s1. The summed E-state index contributed by atoms with van der Waals surface area (Å²) in [5, 5.41) is 1.56. The maximum atomic E-state index is 12.9. The van der Waals surface area contributed by atoms with E-state index in [-0.39, 0.29) is 17.6 Å². The molecule has 4 fully saturated rings. The third kappa shape index (κ3) is 3.74. The molecule has 3 saturated heterocycles. The quantitative estimate of drug-likeness (QED) is 0.766. The van der Waals surface area contributed by atoms with Gasteiger partial charge in [-0.1, -0.05) is 0 Å². The van der Waals surface area contributed by atoms with Gasteiger partial charge in [0.1, 0.15) is 11.6 Å². The Bertz CT molecular complexity index is 669. The second-order valence-electron chi connectivity index (χ2n) is 8.51. The summed E-state index contributed by atoms with van der Waals surface area (Å²) >= 11 is 0. The average molecular weight is 372 g/mol. The van der Waals surface area contributed by atoms with Crippen molar-refractivity contribution in [3.05, 3.63) is 30.1 Å². The van der Waals surface area contributed by atoms with Crippen molar-refractivity contribution in [2.24, 2.45) is 5.92 Å². The number of nitrogens with zero attached hydrogens (tertiary/aromatic N) is 4. The Morgan fingerprint density at radius 3 is 2.74 bits per heavy atom. The van der Waals surface area contributed by atoms with Gasteiger partial charge in [0.25, 0.3) is 5.91 Å². The molecule has 7 heteroatoms.